The van der Waals surface area contributed by atoms with Gasteiger partial charge < -0.3 is 10.1 Å². The van der Waals surface area contributed by atoms with Crippen LogP contribution >= 0.6 is 0 Å². The first-order valence-electron chi connectivity index (χ1n) is 10.6. The highest BCUT2D eigenvalue weighted by atomic mass is 16.5. The van der Waals surface area contributed by atoms with Crippen molar-refractivity contribution in [3.8, 4) is 0 Å². The Balaban J connectivity index is 1.33. The number of benzene rings is 1. The zero-order valence-corrected chi connectivity index (χ0v) is 16.4. The quantitative estimate of drug-likeness (QED) is 0.736. The summed E-state index contributed by atoms with van der Waals surface area (Å²) < 4.78 is 5.48. The van der Waals surface area contributed by atoms with Gasteiger partial charge in [-0.3, -0.25) is 9.59 Å². The van der Waals surface area contributed by atoms with Gasteiger partial charge in [0.05, 0.1) is 5.92 Å². The fourth-order valence-corrected chi connectivity index (χ4v) is 5.99. The lowest BCUT2D eigenvalue weighted by molar-refractivity contribution is -0.164. The minimum atomic E-state index is -0.247. The monoisotopic (exact) mass is 369 g/mol. The largest absolute Gasteiger partial charge is 0.455 e. The fourth-order valence-electron chi connectivity index (χ4n) is 5.99. The molecule has 1 aromatic rings. The zero-order valence-electron chi connectivity index (χ0n) is 16.4. The maximum Gasteiger partial charge on any atom is 0.310 e. The fraction of sp³-hybridized carbons (Fsp3) is 0.652. The van der Waals surface area contributed by atoms with Gasteiger partial charge in [-0.25, -0.2) is 0 Å². The minimum Gasteiger partial charge on any atom is -0.455 e. The molecule has 4 bridgehead atoms. The van der Waals surface area contributed by atoms with Crippen molar-refractivity contribution in [2.24, 2.45) is 29.6 Å². The first kappa shape index (κ1) is 18.5. The maximum absolute atomic E-state index is 12.7. The second-order valence-corrected chi connectivity index (χ2v) is 9.01. The second-order valence-electron chi connectivity index (χ2n) is 9.01. The third kappa shape index (κ3) is 3.76. The van der Waals surface area contributed by atoms with E-state index in [0.29, 0.717) is 17.8 Å². The third-order valence-electron chi connectivity index (χ3n) is 7.22. The predicted octanol–water partition coefficient (Wildman–Crippen LogP) is 4.75. The predicted molar refractivity (Wildman–Crippen MR) is 105 cm³/mol. The Morgan fingerprint density at radius 2 is 1.70 bits per heavy atom. The summed E-state index contributed by atoms with van der Waals surface area (Å²) in [6.45, 7) is 4.10. The van der Waals surface area contributed by atoms with Crippen molar-refractivity contribution in [3.63, 3.8) is 0 Å². The van der Waals surface area contributed by atoms with Crippen LogP contribution in [0.1, 0.15) is 63.9 Å². The molecule has 1 atom stereocenters. The number of hydrogen-bond donors (Lipinski definition) is 1. The second kappa shape index (κ2) is 7.65. The molecule has 4 aliphatic carbocycles. The molecule has 1 N–H and O–H groups in total. The number of ether oxygens (including phenoxy) is 1. The molecule has 4 heteroatoms. The van der Waals surface area contributed by atoms with Crippen LogP contribution in [0.2, 0.25) is 0 Å². The molecule has 4 saturated carbocycles. The van der Waals surface area contributed by atoms with Gasteiger partial charge in [0.1, 0.15) is 0 Å². The van der Waals surface area contributed by atoms with Gasteiger partial charge in [0.15, 0.2) is 6.61 Å². The first-order valence-corrected chi connectivity index (χ1v) is 10.6. The Bertz CT molecular complexity index is 685. The van der Waals surface area contributed by atoms with E-state index >= 15 is 0 Å². The maximum atomic E-state index is 12.7. The van der Waals surface area contributed by atoms with Gasteiger partial charge >= 0.3 is 5.97 Å². The van der Waals surface area contributed by atoms with E-state index in [2.05, 4.69) is 19.2 Å². The number of amides is 1. The summed E-state index contributed by atoms with van der Waals surface area (Å²) in [6, 6.07) is 7.87. The first-order chi connectivity index (χ1) is 13.0. The van der Waals surface area contributed by atoms with E-state index in [0.717, 1.165) is 29.5 Å². The minimum absolute atomic E-state index is 0.0259. The van der Waals surface area contributed by atoms with Gasteiger partial charge in [-0.1, -0.05) is 32.0 Å². The molecule has 146 valence electrons. The Hall–Kier alpha value is -1.84. The van der Waals surface area contributed by atoms with Gasteiger partial charge in [-0.15, -0.1) is 0 Å². The summed E-state index contributed by atoms with van der Waals surface area (Å²) >= 11 is 0. The SMILES string of the molecule is CC[C@@H](C)c1ccccc1NC(=O)COC(=O)C1C2CC3CC(C2)CC1C3. The number of esters is 1. The molecule has 0 saturated heterocycles. The molecule has 5 rings (SSSR count). The number of carbonyl (C=O) groups excluding carboxylic acids is 2. The lowest BCUT2D eigenvalue weighted by Gasteiger charge is -2.53. The van der Waals surface area contributed by atoms with Crippen molar-refractivity contribution in [1.29, 1.82) is 0 Å². The Morgan fingerprint density at radius 1 is 1.07 bits per heavy atom. The van der Waals surface area contributed by atoms with Crippen LogP contribution in [0, 0.1) is 29.6 Å². The van der Waals surface area contributed by atoms with Crippen LogP contribution in [-0.4, -0.2) is 18.5 Å². The lowest BCUT2D eigenvalue weighted by Crippen LogP contribution is -2.48. The summed E-state index contributed by atoms with van der Waals surface area (Å²) in [7, 11) is 0. The van der Waals surface area contributed by atoms with Crippen LogP contribution in [0.25, 0.3) is 0 Å². The number of hydrogen-bond acceptors (Lipinski definition) is 3. The molecule has 0 spiro atoms. The summed E-state index contributed by atoms with van der Waals surface area (Å²) in [5.74, 6) is 2.65. The van der Waals surface area contributed by atoms with Crippen LogP contribution in [0.5, 0.6) is 0 Å². The van der Waals surface area contributed by atoms with Gasteiger partial charge in [0.25, 0.3) is 5.91 Å². The third-order valence-corrected chi connectivity index (χ3v) is 7.22. The standard InChI is InChI=1S/C23H31NO3/c1-3-14(2)19-6-4-5-7-20(19)24-21(25)13-27-23(26)22-17-9-15-8-16(11-17)12-18(22)10-15/h4-7,14-18,22H,3,8-13H2,1-2H3,(H,24,25)/t14-,15?,16?,17?,18?,22?/m1/s1. The van der Waals surface area contributed by atoms with E-state index < -0.39 is 0 Å². The number of nitrogens with one attached hydrogen (secondary N) is 1. The van der Waals surface area contributed by atoms with E-state index in [1.165, 1.54) is 32.1 Å². The van der Waals surface area contributed by atoms with Crippen LogP contribution in [0.15, 0.2) is 24.3 Å². The number of para-hydroxylation sites is 1. The molecule has 4 nitrogen and oxygen atoms in total. The summed E-state index contributed by atoms with van der Waals surface area (Å²) in [4.78, 5) is 25.1. The molecule has 4 aliphatic rings. The van der Waals surface area contributed by atoms with Crippen LogP contribution in [0.4, 0.5) is 5.69 Å². The topological polar surface area (TPSA) is 55.4 Å². The molecule has 1 amide bonds. The molecular weight excluding hydrogens is 338 g/mol. The van der Waals surface area contributed by atoms with E-state index in [-0.39, 0.29) is 24.4 Å². The number of anilines is 1. The van der Waals surface area contributed by atoms with Crippen molar-refractivity contribution >= 4 is 17.6 Å². The van der Waals surface area contributed by atoms with Crippen molar-refractivity contribution in [2.45, 2.75) is 58.3 Å². The lowest BCUT2D eigenvalue weighted by atomic mass is 9.52. The van der Waals surface area contributed by atoms with E-state index in [4.69, 9.17) is 4.74 Å². The molecule has 0 aromatic heterocycles. The molecule has 4 fully saturated rings. The molecule has 27 heavy (non-hydrogen) atoms. The van der Waals surface area contributed by atoms with E-state index in [9.17, 15) is 9.59 Å². The van der Waals surface area contributed by atoms with Crippen molar-refractivity contribution < 1.29 is 14.3 Å². The summed E-state index contributed by atoms with van der Waals surface area (Å²) in [5, 5.41) is 2.93. The van der Waals surface area contributed by atoms with Crippen molar-refractivity contribution in [1.82, 2.24) is 0 Å². The molecule has 0 unspecified atom stereocenters. The van der Waals surface area contributed by atoms with E-state index in [1.54, 1.807) is 0 Å². The highest BCUT2D eigenvalue weighted by Crippen LogP contribution is 2.56. The summed E-state index contributed by atoms with van der Waals surface area (Å²) in [6.07, 6.45) is 7.10. The average Bonchev–Trinajstić information content (AvgIpc) is 2.65. The number of carbonyl (C=O) groups is 2. The highest BCUT2D eigenvalue weighted by molar-refractivity contribution is 5.93. The molecule has 0 radical (unpaired) electrons. The number of rotatable bonds is 6. The Labute approximate surface area is 162 Å². The normalized spacial score (nSPS) is 32.1. The van der Waals surface area contributed by atoms with Gasteiger partial charge in [0, 0.05) is 5.69 Å². The molecule has 1 aromatic carbocycles. The molecule has 0 aliphatic heterocycles. The van der Waals surface area contributed by atoms with E-state index in [1.807, 2.05) is 24.3 Å². The zero-order chi connectivity index (χ0) is 19.0. The Kier molecular flexibility index (Phi) is 5.25. The highest BCUT2D eigenvalue weighted by Gasteiger charge is 2.51. The van der Waals surface area contributed by atoms with Crippen LogP contribution in [-0.2, 0) is 14.3 Å². The smallest absolute Gasteiger partial charge is 0.310 e. The van der Waals surface area contributed by atoms with Gasteiger partial charge in [-0.2, -0.15) is 0 Å². The molecular formula is C23H31NO3. The Morgan fingerprint density at radius 3 is 2.33 bits per heavy atom. The van der Waals surface area contributed by atoms with Gasteiger partial charge in [0.2, 0.25) is 0 Å². The average molecular weight is 370 g/mol. The van der Waals surface area contributed by atoms with Gasteiger partial charge in [-0.05, 0) is 79.7 Å². The van der Waals surface area contributed by atoms with Crippen molar-refractivity contribution in [3.05, 3.63) is 29.8 Å². The molecule has 0 heterocycles. The van der Waals surface area contributed by atoms with Crippen LogP contribution < -0.4 is 5.32 Å². The summed E-state index contributed by atoms with van der Waals surface area (Å²) in [5.41, 5.74) is 1.95. The van der Waals surface area contributed by atoms with Crippen molar-refractivity contribution in [2.75, 3.05) is 11.9 Å². The van der Waals surface area contributed by atoms with Crippen LogP contribution in [0.3, 0.4) is 0 Å².